The first-order chi connectivity index (χ1) is 10.9. The van der Waals surface area contributed by atoms with Crippen molar-refractivity contribution in [2.75, 3.05) is 13.2 Å². The van der Waals surface area contributed by atoms with E-state index in [1.54, 1.807) is 24.3 Å². The van der Waals surface area contributed by atoms with E-state index in [-0.39, 0.29) is 0 Å². The smallest absolute Gasteiger partial charge is 0.151 e. The van der Waals surface area contributed by atoms with Crippen LogP contribution in [0, 0.1) is 7.14 Å². The fourth-order valence-corrected chi connectivity index (χ4v) is 5.09. The maximum atomic E-state index is 6.12. The molecule has 0 fully saturated rings. The Labute approximate surface area is 182 Å². The second-order valence-corrected chi connectivity index (χ2v) is 8.46. The first-order valence-electron chi connectivity index (χ1n) is 6.43. The lowest BCUT2D eigenvalue weighted by molar-refractivity contribution is 0.246. The number of benzene rings is 2. The molecule has 8 heteroatoms. The van der Waals surface area contributed by atoms with Crippen molar-refractivity contribution in [1.82, 2.24) is 0 Å². The minimum Gasteiger partial charge on any atom is -0.491 e. The molecule has 0 bridgehead atoms. The molecule has 2 rings (SSSR count). The van der Waals surface area contributed by atoms with E-state index in [2.05, 4.69) is 45.2 Å². The van der Waals surface area contributed by atoms with Gasteiger partial charge in [0.15, 0.2) is 11.5 Å². The van der Waals surface area contributed by atoms with Crippen molar-refractivity contribution in [1.29, 1.82) is 0 Å². The van der Waals surface area contributed by atoms with Gasteiger partial charge in [0.05, 0.1) is 30.4 Å². The van der Waals surface area contributed by atoms with Crippen LogP contribution >= 0.6 is 91.6 Å². The molecule has 0 aromatic heterocycles. The number of ether oxygens (including phenoxy) is 2. The maximum absolute atomic E-state index is 6.12. The molecule has 0 spiro atoms. The summed E-state index contributed by atoms with van der Waals surface area (Å²) in [6, 6.07) is 6.92. The third-order valence-corrected chi connectivity index (χ3v) is 5.31. The summed E-state index contributed by atoms with van der Waals surface area (Å²) < 4.78 is 13.2. The Hall–Kier alpha value is 0.660. The molecule has 0 radical (unpaired) electrons. The van der Waals surface area contributed by atoms with E-state index in [9.17, 15) is 0 Å². The fraction of sp³-hybridized carbons (Fsp3) is 0.200. The largest absolute Gasteiger partial charge is 0.491 e. The summed E-state index contributed by atoms with van der Waals surface area (Å²) in [4.78, 5) is 0. The van der Waals surface area contributed by atoms with Crippen LogP contribution in [0.3, 0.4) is 0 Å². The topological polar surface area (TPSA) is 18.5 Å². The number of halogens is 6. The van der Waals surface area contributed by atoms with Gasteiger partial charge in [-0.05, 0) is 69.4 Å². The Balaban J connectivity index is 1.85. The van der Waals surface area contributed by atoms with E-state index in [0.717, 1.165) is 7.14 Å². The van der Waals surface area contributed by atoms with Crippen molar-refractivity contribution >= 4 is 91.6 Å². The molecule has 0 unspecified atom stereocenters. The zero-order chi connectivity index (χ0) is 17.0. The molecule has 2 nitrogen and oxygen atoms in total. The molecule has 0 saturated heterocycles. The fourth-order valence-electron chi connectivity index (χ4n) is 1.74. The van der Waals surface area contributed by atoms with Gasteiger partial charge in [-0.15, -0.1) is 0 Å². The van der Waals surface area contributed by atoms with Crippen molar-refractivity contribution in [3.8, 4) is 11.5 Å². The van der Waals surface area contributed by atoms with Gasteiger partial charge in [0.25, 0.3) is 0 Å². The zero-order valence-electron chi connectivity index (χ0n) is 11.5. The molecular formula is C15H10Cl4I2O2. The highest BCUT2D eigenvalue weighted by Crippen LogP contribution is 2.34. The molecule has 0 N–H and O–H groups in total. The molecule has 0 saturated carbocycles. The van der Waals surface area contributed by atoms with E-state index >= 15 is 0 Å². The summed E-state index contributed by atoms with van der Waals surface area (Å²) in [5, 5.41) is 2.17. The molecule has 0 aliphatic carbocycles. The van der Waals surface area contributed by atoms with Gasteiger partial charge in [-0.1, -0.05) is 46.4 Å². The lowest BCUT2D eigenvalue weighted by atomic mass is 10.3. The van der Waals surface area contributed by atoms with Crippen LogP contribution in [0.4, 0.5) is 0 Å². The number of rotatable bonds is 6. The summed E-state index contributed by atoms with van der Waals surface area (Å²) in [6.45, 7) is 0.943. The molecule has 2 aromatic carbocycles. The predicted molar refractivity (Wildman–Crippen MR) is 114 cm³/mol. The van der Waals surface area contributed by atoms with Gasteiger partial charge in [-0.3, -0.25) is 0 Å². The summed E-state index contributed by atoms with van der Waals surface area (Å²) in [5.41, 5.74) is 0. The second-order valence-electron chi connectivity index (χ2n) is 4.45. The zero-order valence-corrected chi connectivity index (χ0v) is 18.9. The number of hydrogen-bond donors (Lipinski definition) is 0. The maximum Gasteiger partial charge on any atom is 0.151 e. The third kappa shape index (κ3) is 5.85. The van der Waals surface area contributed by atoms with Crippen LogP contribution in [0.1, 0.15) is 6.42 Å². The van der Waals surface area contributed by atoms with Gasteiger partial charge < -0.3 is 9.47 Å². The van der Waals surface area contributed by atoms with E-state index in [4.69, 9.17) is 55.9 Å². The van der Waals surface area contributed by atoms with Gasteiger partial charge >= 0.3 is 0 Å². The summed E-state index contributed by atoms with van der Waals surface area (Å²) in [7, 11) is 0. The van der Waals surface area contributed by atoms with Crippen molar-refractivity contribution < 1.29 is 9.47 Å². The molecule has 2 aromatic rings. The lowest BCUT2D eigenvalue weighted by Gasteiger charge is -2.12. The Kier molecular flexibility index (Phi) is 8.15. The van der Waals surface area contributed by atoms with Crippen LogP contribution in [-0.2, 0) is 0 Å². The van der Waals surface area contributed by atoms with Crippen molar-refractivity contribution in [3.05, 3.63) is 51.5 Å². The Morgan fingerprint density at radius 3 is 1.43 bits per heavy atom. The first-order valence-corrected chi connectivity index (χ1v) is 10.1. The van der Waals surface area contributed by atoms with Crippen LogP contribution < -0.4 is 9.47 Å². The van der Waals surface area contributed by atoms with E-state index in [1.165, 1.54) is 0 Å². The molecule has 0 amide bonds. The molecule has 0 heterocycles. The van der Waals surface area contributed by atoms with Crippen LogP contribution in [0.15, 0.2) is 24.3 Å². The van der Waals surface area contributed by atoms with E-state index in [0.29, 0.717) is 51.2 Å². The van der Waals surface area contributed by atoms with Crippen molar-refractivity contribution in [3.63, 3.8) is 0 Å². The molecule has 0 aliphatic heterocycles. The minimum absolute atomic E-state index is 0.471. The molecule has 23 heavy (non-hydrogen) atoms. The first kappa shape index (κ1) is 20.0. The lowest BCUT2D eigenvalue weighted by Crippen LogP contribution is -2.07. The van der Waals surface area contributed by atoms with Gasteiger partial charge in [0.1, 0.15) is 0 Å². The summed E-state index contributed by atoms with van der Waals surface area (Å²) in [6.07, 6.45) is 0.685. The van der Waals surface area contributed by atoms with Gasteiger partial charge in [0.2, 0.25) is 0 Å². The van der Waals surface area contributed by atoms with Crippen LogP contribution in [-0.4, -0.2) is 13.2 Å². The SMILES string of the molecule is Clc1cc(Cl)c(OCCCOc2c(Cl)cc(Cl)cc2I)c(I)c1. The summed E-state index contributed by atoms with van der Waals surface area (Å²) >= 11 is 28.4. The Morgan fingerprint density at radius 2 is 1.09 bits per heavy atom. The standard InChI is InChI=1S/C15H10Cl4I2O2/c16-8-4-10(18)14(12(20)6-8)22-2-1-3-23-15-11(19)5-9(17)7-13(15)21/h4-7H,1-3H2. The van der Waals surface area contributed by atoms with Crippen molar-refractivity contribution in [2.24, 2.45) is 0 Å². The average molecular weight is 618 g/mol. The van der Waals surface area contributed by atoms with E-state index < -0.39 is 0 Å². The monoisotopic (exact) mass is 616 g/mol. The van der Waals surface area contributed by atoms with Crippen LogP contribution in [0.5, 0.6) is 11.5 Å². The number of hydrogen-bond acceptors (Lipinski definition) is 2. The highest BCUT2D eigenvalue weighted by molar-refractivity contribution is 14.1. The highest BCUT2D eigenvalue weighted by atomic mass is 127. The average Bonchev–Trinajstić information content (AvgIpc) is 2.42. The molecule has 124 valence electrons. The van der Waals surface area contributed by atoms with Gasteiger partial charge in [-0.25, -0.2) is 0 Å². The normalized spacial score (nSPS) is 10.7. The van der Waals surface area contributed by atoms with Crippen LogP contribution in [0.2, 0.25) is 20.1 Å². The second kappa shape index (κ2) is 9.38. The van der Waals surface area contributed by atoms with Gasteiger partial charge in [0, 0.05) is 16.5 Å². The molecule has 0 aliphatic rings. The Bertz CT molecular complexity index is 604. The van der Waals surface area contributed by atoms with Gasteiger partial charge in [-0.2, -0.15) is 0 Å². The highest BCUT2D eigenvalue weighted by Gasteiger charge is 2.10. The predicted octanol–water partition coefficient (Wildman–Crippen LogP) is 7.36. The molecule has 0 atom stereocenters. The molecular weight excluding hydrogens is 608 g/mol. The quantitative estimate of drug-likeness (QED) is 0.249. The van der Waals surface area contributed by atoms with E-state index in [1.807, 2.05) is 0 Å². The van der Waals surface area contributed by atoms with Crippen LogP contribution in [0.25, 0.3) is 0 Å². The third-order valence-electron chi connectivity index (χ3n) is 2.71. The Morgan fingerprint density at radius 1 is 0.696 bits per heavy atom. The van der Waals surface area contributed by atoms with Crippen molar-refractivity contribution in [2.45, 2.75) is 6.42 Å². The minimum atomic E-state index is 0.471. The summed E-state index contributed by atoms with van der Waals surface area (Å²) in [5.74, 6) is 1.27.